The van der Waals surface area contributed by atoms with E-state index in [4.69, 9.17) is 11.1 Å². The summed E-state index contributed by atoms with van der Waals surface area (Å²) in [6.07, 6.45) is 2.50. The Morgan fingerprint density at radius 3 is 2.58 bits per heavy atom. The Labute approximate surface area is 73.4 Å². The molecule has 0 amide bonds. The lowest BCUT2D eigenvalue weighted by Crippen LogP contribution is -2.38. The van der Waals surface area contributed by atoms with Crippen LogP contribution in [-0.4, -0.2) is 25.6 Å². The van der Waals surface area contributed by atoms with Gasteiger partial charge in [0.1, 0.15) is 0 Å². The van der Waals surface area contributed by atoms with E-state index in [0.29, 0.717) is 5.41 Å². The summed E-state index contributed by atoms with van der Waals surface area (Å²) in [5, 5.41) is 13.2. The Kier molecular flexibility index (Phi) is 2.92. The van der Waals surface area contributed by atoms with Crippen molar-refractivity contribution in [2.75, 3.05) is 19.6 Å². The van der Waals surface area contributed by atoms with E-state index in [9.17, 15) is 0 Å². The zero-order valence-corrected chi connectivity index (χ0v) is 7.61. The van der Waals surface area contributed by atoms with E-state index in [1.54, 1.807) is 0 Å². The Balaban J connectivity index is 2.16. The van der Waals surface area contributed by atoms with Crippen molar-refractivity contribution in [3.05, 3.63) is 0 Å². The number of nitrogens with one attached hydrogen (secondary N) is 3. The Hall–Kier alpha value is -0.770. The van der Waals surface area contributed by atoms with E-state index >= 15 is 0 Å². The molecule has 0 aliphatic heterocycles. The van der Waals surface area contributed by atoms with Crippen LogP contribution in [0.4, 0.5) is 0 Å². The molecule has 1 fully saturated rings. The predicted molar refractivity (Wildman–Crippen MR) is 50.1 cm³/mol. The third-order valence-electron chi connectivity index (χ3n) is 2.36. The minimum atomic E-state index is 0.0813. The number of guanidine groups is 1. The maximum Gasteiger partial charge on any atom is 0.185 e. The van der Waals surface area contributed by atoms with Crippen molar-refractivity contribution in [2.24, 2.45) is 11.1 Å². The van der Waals surface area contributed by atoms with Crippen molar-refractivity contribution in [3.8, 4) is 0 Å². The summed E-state index contributed by atoms with van der Waals surface area (Å²) in [6, 6.07) is 0. The Morgan fingerprint density at radius 1 is 1.50 bits per heavy atom. The second-order valence-corrected chi connectivity index (χ2v) is 3.55. The van der Waals surface area contributed by atoms with Crippen LogP contribution in [0, 0.1) is 10.8 Å². The van der Waals surface area contributed by atoms with Gasteiger partial charge in [-0.25, -0.2) is 0 Å². The highest BCUT2D eigenvalue weighted by Gasteiger charge is 2.41. The average molecular weight is 170 g/mol. The van der Waals surface area contributed by atoms with Crippen molar-refractivity contribution in [2.45, 2.75) is 19.8 Å². The normalized spacial score (nSPS) is 18.8. The largest absolute Gasteiger partial charge is 0.370 e. The van der Waals surface area contributed by atoms with Crippen LogP contribution in [0.3, 0.4) is 0 Å². The van der Waals surface area contributed by atoms with Gasteiger partial charge in [-0.3, -0.25) is 5.41 Å². The van der Waals surface area contributed by atoms with E-state index in [-0.39, 0.29) is 5.96 Å². The minimum Gasteiger partial charge on any atom is -0.370 e. The van der Waals surface area contributed by atoms with E-state index < -0.39 is 0 Å². The van der Waals surface area contributed by atoms with E-state index in [2.05, 4.69) is 17.6 Å². The van der Waals surface area contributed by atoms with Crippen LogP contribution >= 0.6 is 0 Å². The average Bonchev–Trinajstić information content (AvgIpc) is 2.79. The summed E-state index contributed by atoms with van der Waals surface area (Å²) >= 11 is 0. The van der Waals surface area contributed by atoms with Crippen molar-refractivity contribution in [3.63, 3.8) is 0 Å². The summed E-state index contributed by atoms with van der Waals surface area (Å²) in [4.78, 5) is 0. The first kappa shape index (κ1) is 9.32. The topological polar surface area (TPSA) is 73.9 Å². The van der Waals surface area contributed by atoms with Gasteiger partial charge in [-0.2, -0.15) is 0 Å². The van der Waals surface area contributed by atoms with Crippen molar-refractivity contribution in [1.29, 1.82) is 5.41 Å². The maximum absolute atomic E-state index is 7.03. The number of rotatable bonds is 5. The number of hydrogen-bond donors (Lipinski definition) is 4. The molecule has 0 aromatic carbocycles. The first-order valence-electron chi connectivity index (χ1n) is 4.47. The third kappa shape index (κ3) is 2.70. The molecule has 0 atom stereocenters. The van der Waals surface area contributed by atoms with E-state index in [1.807, 2.05) is 0 Å². The van der Waals surface area contributed by atoms with Crippen LogP contribution < -0.4 is 16.4 Å². The number of hydrogen-bond acceptors (Lipinski definition) is 2. The van der Waals surface area contributed by atoms with Gasteiger partial charge < -0.3 is 16.4 Å². The molecule has 1 rings (SSSR count). The van der Waals surface area contributed by atoms with Crippen LogP contribution in [0.2, 0.25) is 0 Å². The van der Waals surface area contributed by atoms with Crippen LogP contribution in [0.15, 0.2) is 0 Å². The van der Waals surface area contributed by atoms with Crippen molar-refractivity contribution >= 4 is 5.96 Å². The van der Waals surface area contributed by atoms with Crippen LogP contribution in [-0.2, 0) is 0 Å². The zero-order chi connectivity index (χ0) is 9.03. The minimum absolute atomic E-state index is 0.0813. The molecule has 1 aliphatic carbocycles. The smallest absolute Gasteiger partial charge is 0.185 e. The van der Waals surface area contributed by atoms with Gasteiger partial charge in [-0.05, 0) is 19.4 Å². The molecule has 0 saturated heterocycles. The molecule has 0 radical (unpaired) electrons. The van der Waals surface area contributed by atoms with E-state index in [1.165, 1.54) is 12.8 Å². The molecule has 0 unspecified atom stereocenters. The predicted octanol–water partition coefficient (Wildman–Crippen LogP) is -0.141. The Bertz CT molecular complexity index is 162. The quantitative estimate of drug-likeness (QED) is 0.343. The molecule has 0 aromatic heterocycles. The molecular formula is C8H18N4. The summed E-state index contributed by atoms with van der Waals surface area (Å²) < 4.78 is 0. The molecular weight excluding hydrogens is 152 g/mol. The molecule has 1 aliphatic rings. The van der Waals surface area contributed by atoms with Crippen LogP contribution in [0.1, 0.15) is 19.8 Å². The van der Waals surface area contributed by atoms with E-state index in [0.717, 1.165) is 19.6 Å². The first-order chi connectivity index (χ1) is 5.68. The standard InChI is InChI=1S/C8H18N4/c1-2-11-5-8(3-4-8)6-12-7(9)10/h11H,2-6H2,1H3,(H4,9,10,12). The van der Waals surface area contributed by atoms with Gasteiger partial charge in [0.15, 0.2) is 5.96 Å². The fraction of sp³-hybridized carbons (Fsp3) is 0.875. The van der Waals surface area contributed by atoms with Crippen molar-refractivity contribution in [1.82, 2.24) is 10.6 Å². The fourth-order valence-corrected chi connectivity index (χ4v) is 1.27. The zero-order valence-electron chi connectivity index (χ0n) is 7.61. The lowest BCUT2D eigenvalue weighted by molar-refractivity contribution is 0.457. The van der Waals surface area contributed by atoms with Crippen LogP contribution in [0.5, 0.6) is 0 Å². The maximum atomic E-state index is 7.03. The molecule has 12 heavy (non-hydrogen) atoms. The van der Waals surface area contributed by atoms with Gasteiger partial charge in [0.05, 0.1) is 0 Å². The molecule has 4 nitrogen and oxygen atoms in total. The monoisotopic (exact) mass is 170 g/mol. The fourth-order valence-electron chi connectivity index (χ4n) is 1.27. The first-order valence-corrected chi connectivity index (χ1v) is 4.47. The highest BCUT2D eigenvalue weighted by Crippen LogP contribution is 2.44. The second kappa shape index (κ2) is 3.76. The summed E-state index contributed by atoms with van der Waals surface area (Å²) in [7, 11) is 0. The van der Waals surface area contributed by atoms with Crippen LogP contribution in [0.25, 0.3) is 0 Å². The van der Waals surface area contributed by atoms with Gasteiger partial charge in [0.25, 0.3) is 0 Å². The number of nitrogens with two attached hydrogens (primary N) is 1. The molecule has 5 N–H and O–H groups in total. The second-order valence-electron chi connectivity index (χ2n) is 3.55. The summed E-state index contributed by atoms with van der Waals surface area (Å²) in [5.41, 5.74) is 5.60. The van der Waals surface area contributed by atoms with Gasteiger partial charge >= 0.3 is 0 Å². The molecule has 1 saturated carbocycles. The molecule has 4 heteroatoms. The highest BCUT2D eigenvalue weighted by atomic mass is 15.1. The van der Waals surface area contributed by atoms with Crippen molar-refractivity contribution < 1.29 is 0 Å². The SMILES string of the molecule is CCNCC1(CNC(=N)N)CC1. The van der Waals surface area contributed by atoms with Gasteiger partial charge in [0.2, 0.25) is 0 Å². The van der Waals surface area contributed by atoms with Gasteiger partial charge in [-0.1, -0.05) is 6.92 Å². The molecule has 0 aromatic rings. The molecule has 70 valence electrons. The molecule has 0 heterocycles. The molecule has 0 bridgehead atoms. The van der Waals surface area contributed by atoms with Gasteiger partial charge in [0, 0.05) is 18.5 Å². The third-order valence-corrected chi connectivity index (χ3v) is 2.36. The Morgan fingerprint density at radius 2 is 2.17 bits per heavy atom. The summed E-state index contributed by atoms with van der Waals surface area (Å²) in [6.45, 7) is 5.01. The molecule has 0 spiro atoms. The highest BCUT2D eigenvalue weighted by molar-refractivity contribution is 5.74. The summed E-state index contributed by atoms with van der Waals surface area (Å²) in [5.74, 6) is 0.0813. The van der Waals surface area contributed by atoms with Gasteiger partial charge in [-0.15, -0.1) is 0 Å². The lowest BCUT2D eigenvalue weighted by atomic mass is 10.1. The lowest BCUT2D eigenvalue weighted by Gasteiger charge is -2.15.